The maximum absolute atomic E-state index is 12.3. The van der Waals surface area contributed by atoms with Gasteiger partial charge in [0.05, 0.1) is 18.8 Å². The molecule has 0 saturated carbocycles. The summed E-state index contributed by atoms with van der Waals surface area (Å²) in [7, 11) is 0. The van der Waals surface area contributed by atoms with Crippen LogP contribution in [0.4, 0.5) is 4.79 Å². The van der Waals surface area contributed by atoms with Gasteiger partial charge in [-0.2, -0.15) is 0 Å². The van der Waals surface area contributed by atoms with Gasteiger partial charge in [-0.15, -0.1) is 0 Å². The lowest BCUT2D eigenvalue weighted by atomic mass is 9.98. The third kappa shape index (κ3) is 10.4. The summed E-state index contributed by atoms with van der Waals surface area (Å²) in [6.45, 7) is 7.80. The fourth-order valence-corrected chi connectivity index (χ4v) is 3.16. The van der Waals surface area contributed by atoms with Gasteiger partial charge in [0.15, 0.2) is 0 Å². The highest BCUT2D eigenvalue weighted by atomic mass is 16.6. The summed E-state index contributed by atoms with van der Waals surface area (Å²) in [5.74, 6) is 0.342. The fraction of sp³-hybridized carbons (Fsp3) is 0.462. The van der Waals surface area contributed by atoms with E-state index in [4.69, 9.17) is 14.2 Å². The molecule has 0 aliphatic carbocycles. The molecule has 0 aliphatic rings. The molecule has 2 aromatic rings. The number of hydrogen-bond donors (Lipinski definition) is 2. The molecule has 0 unspecified atom stereocenters. The molecule has 2 rings (SSSR count). The molecule has 0 fully saturated rings. The third-order valence-electron chi connectivity index (χ3n) is 4.74. The second kappa shape index (κ2) is 12.8. The quantitative estimate of drug-likeness (QED) is 0.486. The van der Waals surface area contributed by atoms with E-state index in [1.165, 1.54) is 0 Å². The Labute approximate surface area is 196 Å². The summed E-state index contributed by atoms with van der Waals surface area (Å²) in [6.07, 6.45) is -0.977. The van der Waals surface area contributed by atoms with Gasteiger partial charge in [0.2, 0.25) is 0 Å². The van der Waals surface area contributed by atoms with Crippen LogP contribution in [0.15, 0.2) is 54.6 Å². The molecule has 7 nitrogen and oxygen atoms in total. The van der Waals surface area contributed by atoms with E-state index in [2.05, 4.69) is 5.32 Å². The van der Waals surface area contributed by atoms with Gasteiger partial charge in [-0.1, -0.05) is 42.5 Å². The van der Waals surface area contributed by atoms with Crippen molar-refractivity contribution in [3.8, 4) is 5.75 Å². The largest absolute Gasteiger partial charge is 0.489 e. The molecule has 180 valence electrons. The van der Waals surface area contributed by atoms with Crippen LogP contribution in [0.5, 0.6) is 5.75 Å². The normalized spacial score (nSPS) is 13.0. The lowest BCUT2D eigenvalue weighted by molar-refractivity contribution is -0.143. The van der Waals surface area contributed by atoms with Crippen LogP contribution in [0, 0.1) is 0 Å². The van der Waals surface area contributed by atoms with Crippen molar-refractivity contribution in [3.63, 3.8) is 0 Å². The molecule has 1 amide bonds. The molecule has 7 heteroatoms. The lowest BCUT2D eigenvalue weighted by Crippen LogP contribution is -2.46. The predicted octanol–water partition coefficient (Wildman–Crippen LogP) is 4.41. The number of ether oxygens (including phenoxy) is 3. The van der Waals surface area contributed by atoms with Crippen molar-refractivity contribution < 1.29 is 28.9 Å². The lowest BCUT2D eigenvalue weighted by Gasteiger charge is -2.27. The van der Waals surface area contributed by atoms with Gasteiger partial charge < -0.3 is 24.6 Å². The number of aliphatic hydroxyl groups excluding tert-OH is 1. The average Bonchev–Trinajstić information content (AvgIpc) is 2.76. The van der Waals surface area contributed by atoms with Crippen LogP contribution in [-0.2, 0) is 27.3 Å². The Morgan fingerprint density at radius 3 is 2.27 bits per heavy atom. The van der Waals surface area contributed by atoms with E-state index < -0.39 is 23.8 Å². The van der Waals surface area contributed by atoms with Crippen molar-refractivity contribution in [2.24, 2.45) is 0 Å². The van der Waals surface area contributed by atoms with E-state index in [-0.39, 0.29) is 25.4 Å². The van der Waals surface area contributed by atoms with E-state index in [1.54, 1.807) is 27.7 Å². The van der Waals surface area contributed by atoms with Crippen LogP contribution in [0.2, 0.25) is 0 Å². The van der Waals surface area contributed by atoms with Crippen LogP contribution in [0.3, 0.4) is 0 Å². The topological polar surface area (TPSA) is 94.1 Å². The van der Waals surface area contributed by atoms with Crippen molar-refractivity contribution >= 4 is 12.1 Å². The molecule has 2 N–H and O–H groups in total. The standard InChI is InChI=1S/C26H35NO6/c1-5-31-24(29)16-15-23(28)22(27-25(30)33-26(2,3)4)17-19-11-13-21(14-12-19)32-18-20-9-7-6-8-10-20/h6-14,22-23,28H,5,15-18H2,1-4H3,(H,27,30)/t22-,23-/m0/s1. The maximum atomic E-state index is 12.3. The molecule has 2 aromatic carbocycles. The van der Waals surface area contributed by atoms with E-state index in [0.29, 0.717) is 13.0 Å². The van der Waals surface area contributed by atoms with Crippen molar-refractivity contribution in [3.05, 3.63) is 65.7 Å². The molecule has 33 heavy (non-hydrogen) atoms. The molecule has 2 atom stereocenters. The van der Waals surface area contributed by atoms with E-state index in [0.717, 1.165) is 16.9 Å². The van der Waals surface area contributed by atoms with Gasteiger partial charge in [0.1, 0.15) is 18.0 Å². The summed E-state index contributed by atoms with van der Waals surface area (Å²) >= 11 is 0. The fourth-order valence-electron chi connectivity index (χ4n) is 3.16. The van der Waals surface area contributed by atoms with E-state index in [1.807, 2.05) is 54.6 Å². The number of nitrogens with one attached hydrogen (secondary N) is 1. The van der Waals surface area contributed by atoms with Crippen LogP contribution in [0.1, 0.15) is 51.7 Å². The minimum absolute atomic E-state index is 0.0633. The molecule has 0 aromatic heterocycles. The van der Waals surface area contributed by atoms with Crippen LogP contribution in [-0.4, -0.2) is 41.5 Å². The van der Waals surface area contributed by atoms with Crippen molar-refractivity contribution in [1.29, 1.82) is 0 Å². The van der Waals surface area contributed by atoms with Crippen LogP contribution in [0.25, 0.3) is 0 Å². The average molecular weight is 458 g/mol. The van der Waals surface area contributed by atoms with Gasteiger partial charge in [0, 0.05) is 6.42 Å². The number of alkyl carbamates (subject to hydrolysis) is 1. The molecule has 0 bridgehead atoms. The molecular formula is C26H35NO6. The molecule has 0 saturated heterocycles. The first kappa shape index (κ1) is 26.2. The van der Waals surface area contributed by atoms with Gasteiger partial charge >= 0.3 is 12.1 Å². The van der Waals surface area contributed by atoms with Gasteiger partial charge in [-0.3, -0.25) is 4.79 Å². The molecule has 0 heterocycles. The zero-order valence-electron chi connectivity index (χ0n) is 19.9. The summed E-state index contributed by atoms with van der Waals surface area (Å²) in [5.41, 5.74) is 1.31. The molecule has 0 aliphatic heterocycles. The first-order chi connectivity index (χ1) is 15.7. The first-order valence-corrected chi connectivity index (χ1v) is 11.2. The minimum atomic E-state index is -0.948. The number of carbonyl (C=O) groups is 2. The van der Waals surface area contributed by atoms with Crippen LogP contribution >= 0.6 is 0 Å². The zero-order chi connectivity index (χ0) is 24.3. The Bertz CT molecular complexity index is 861. The molecule has 0 spiro atoms. The number of amides is 1. The van der Waals surface area contributed by atoms with Gasteiger partial charge in [-0.25, -0.2) is 4.79 Å². The highest BCUT2D eigenvalue weighted by Crippen LogP contribution is 2.18. The van der Waals surface area contributed by atoms with E-state index >= 15 is 0 Å². The number of benzene rings is 2. The summed E-state index contributed by atoms with van der Waals surface area (Å²) in [5, 5.41) is 13.4. The number of carbonyl (C=O) groups excluding carboxylic acids is 2. The second-order valence-corrected chi connectivity index (χ2v) is 8.79. The summed E-state index contributed by atoms with van der Waals surface area (Å²) in [4.78, 5) is 24.0. The Morgan fingerprint density at radius 2 is 1.67 bits per heavy atom. The van der Waals surface area contributed by atoms with Crippen molar-refractivity contribution in [1.82, 2.24) is 5.32 Å². The Kier molecular flexibility index (Phi) is 10.2. The SMILES string of the molecule is CCOC(=O)CC[C@H](O)[C@H](Cc1ccc(OCc2ccccc2)cc1)NC(=O)OC(C)(C)C. The van der Waals surface area contributed by atoms with Gasteiger partial charge in [0.25, 0.3) is 0 Å². The van der Waals surface area contributed by atoms with Crippen molar-refractivity contribution in [2.75, 3.05) is 6.61 Å². The third-order valence-corrected chi connectivity index (χ3v) is 4.74. The molecule has 0 radical (unpaired) electrons. The minimum Gasteiger partial charge on any atom is -0.489 e. The highest BCUT2D eigenvalue weighted by molar-refractivity contribution is 5.69. The number of esters is 1. The van der Waals surface area contributed by atoms with Crippen LogP contribution < -0.4 is 10.1 Å². The maximum Gasteiger partial charge on any atom is 0.407 e. The number of hydrogen-bond acceptors (Lipinski definition) is 6. The number of aliphatic hydroxyl groups is 1. The molecular weight excluding hydrogens is 422 g/mol. The zero-order valence-corrected chi connectivity index (χ0v) is 19.9. The van der Waals surface area contributed by atoms with Gasteiger partial charge in [-0.05, 0) is 63.8 Å². The Hall–Kier alpha value is -3.06. The summed E-state index contributed by atoms with van der Waals surface area (Å²) in [6, 6.07) is 16.7. The summed E-state index contributed by atoms with van der Waals surface area (Å²) < 4.78 is 16.1. The first-order valence-electron chi connectivity index (χ1n) is 11.2. The predicted molar refractivity (Wildman–Crippen MR) is 126 cm³/mol. The smallest absolute Gasteiger partial charge is 0.407 e. The van der Waals surface area contributed by atoms with E-state index in [9.17, 15) is 14.7 Å². The van der Waals surface area contributed by atoms with Crippen molar-refractivity contribution in [2.45, 2.75) is 71.3 Å². The Balaban J connectivity index is 2.00. The highest BCUT2D eigenvalue weighted by Gasteiger charge is 2.25. The Morgan fingerprint density at radius 1 is 1.00 bits per heavy atom. The monoisotopic (exact) mass is 457 g/mol. The second-order valence-electron chi connectivity index (χ2n) is 8.79. The number of rotatable bonds is 11.